The van der Waals surface area contributed by atoms with E-state index in [4.69, 9.17) is 16.3 Å². The maximum Gasteiger partial charge on any atom is 0.272 e. The van der Waals surface area contributed by atoms with Gasteiger partial charge in [-0.1, -0.05) is 37.6 Å². The molecule has 35 heavy (non-hydrogen) atoms. The van der Waals surface area contributed by atoms with E-state index >= 15 is 0 Å². The number of nitrogens with zero attached hydrogens (tertiary/aromatic N) is 2. The van der Waals surface area contributed by atoms with Gasteiger partial charge in [-0.3, -0.25) is 14.2 Å². The number of piperazine rings is 1. The Labute approximate surface area is 211 Å². The Balaban J connectivity index is 1.68. The van der Waals surface area contributed by atoms with Gasteiger partial charge in [0.1, 0.15) is 16.8 Å². The molecule has 1 aliphatic rings. The third-order valence-corrected chi connectivity index (χ3v) is 7.97. The van der Waals surface area contributed by atoms with Gasteiger partial charge in [0.15, 0.2) is 6.61 Å². The largest absolute Gasteiger partial charge is 0.483 e. The summed E-state index contributed by atoms with van der Waals surface area (Å²) in [5, 5.41) is -0.937. The second-order valence-corrected chi connectivity index (χ2v) is 11.4. The Kier molecular flexibility index (Phi) is 8.80. The molecule has 1 unspecified atom stereocenters. The Morgan fingerprint density at radius 2 is 1.80 bits per heavy atom. The van der Waals surface area contributed by atoms with Crippen molar-refractivity contribution in [3.8, 4) is 5.75 Å². The van der Waals surface area contributed by atoms with E-state index < -0.39 is 21.3 Å². The highest BCUT2D eigenvalue weighted by atomic mass is 35.5. The molecular formula is C25H32ClFN2O5S. The number of benzene rings is 2. The number of hydrogen-bond donors (Lipinski definition) is 1. The predicted molar refractivity (Wildman–Crippen MR) is 134 cm³/mol. The fourth-order valence-corrected chi connectivity index (χ4v) is 5.92. The molecule has 1 saturated heterocycles. The molecule has 0 aliphatic carbocycles. The van der Waals surface area contributed by atoms with Gasteiger partial charge in [-0.05, 0) is 55.7 Å². The van der Waals surface area contributed by atoms with E-state index in [1.54, 1.807) is 36.9 Å². The predicted octanol–water partition coefficient (Wildman–Crippen LogP) is 4.56. The molecule has 0 aromatic heterocycles. The van der Waals surface area contributed by atoms with Gasteiger partial charge in [0.25, 0.3) is 16.0 Å². The molecule has 0 radical (unpaired) electrons. The van der Waals surface area contributed by atoms with Crippen LogP contribution in [0.25, 0.3) is 0 Å². The Hall–Kier alpha value is -2.20. The molecule has 0 saturated carbocycles. The average Bonchev–Trinajstić information content (AvgIpc) is 2.75. The van der Waals surface area contributed by atoms with Gasteiger partial charge < -0.3 is 9.64 Å². The summed E-state index contributed by atoms with van der Waals surface area (Å²) in [5.74, 6) is -0.753. The van der Waals surface area contributed by atoms with Crippen LogP contribution in [0.1, 0.15) is 44.1 Å². The zero-order valence-corrected chi connectivity index (χ0v) is 21.9. The summed E-state index contributed by atoms with van der Waals surface area (Å²) < 4.78 is 52.8. The van der Waals surface area contributed by atoms with Crippen molar-refractivity contribution in [1.82, 2.24) is 9.80 Å². The number of ether oxygens (including phenoxy) is 1. The highest BCUT2D eigenvalue weighted by Gasteiger charge is 2.34. The van der Waals surface area contributed by atoms with Crippen LogP contribution in [0.4, 0.5) is 4.39 Å². The highest BCUT2D eigenvalue weighted by Crippen LogP contribution is 2.37. The number of rotatable bonds is 8. The summed E-state index contributed by atoms with van der Waals surface area (Å²) in [5.41, 5.74) is 1.22. The number of halogens is 2. The Morgan fingerprint density at radius 1 is 1.14 bits per heavy atom. The van der Waals surface area contributed by atoms with Crippen LogP contribution >= 0.6 is 11.6 Å². The molecule has 0 bridgehead atoms. The maximum absolute atomic E-state index is 13.2. The number of carbonyl (C=O) groups is 1. The van der Waals surface area contributed by atoms with Gasteiger partial charge >= 0.3 is 0 Å². The van der Waals surface area contributed by atoms with Crippen LogP contribution in [-0.2, 0) is 21.5 Å². The molecule has 1 fully saturated rings. The lowest BCUT2D eigenvalue weighted by molar-refractivity contribution is -0.139. The van der Waals surface area contributed by atoms with Crippen LogP contribution in [0.3, 0.4) is 0 Å². The molecule has 1 heterocycles. The van der Waals surface area contributed by atoms with Gasteiger partial charge in [-0.15, -0.1) is 0 Å². The van der Waals surface area contributed by atoms with E-state index in [0.717, 1.165) is 5.56 Å². The van der Waals surface area contributed by atoms with E-state index in [-0.39, 0.29) is 41.7 Å². The lowest BCUT2D eigenvalue weighted by Gasteiger charge is -2.44. The number of carbonyl (C=O) groups excluding carboxylic acids is 1. The molecule has 7 nitrogen and oxygen atoms in total. The minimum absolute atomic E-state index is 0.0753. The van der Waals surface area contributed by atoms with Crippen LogP contribution < -0.4 is 4.74 Å². The van der Waals surface area contributed by atoms with Crippen molar-refractivity contribution in [3.63, 3.8) is 0 Å². The van der Waals surface area contributed by atoms with E-state index in [1.165, 1.54) is 24.3 Å². The summed E-state index contributed by atoms with van der Waals surface area (Å²) in [6, 6.07) is 10.9. The van der Waals surface area contributed by atoms with Crippen molar-refractivity contribution in [3.05, 3.63) is 64.4 Å². The quantitative estimate of drug-likeness (QED) is 0.507. The van der Waals surface area contributed by atoms with Crippen molar-refractivity contribution in [2.45, 2.75) is 51.6 Å². The minimum Gasteiger partial charge on any atom is -0.483 e. The molecule has 192 valence electrons. The molecular weight excluding hydrogens is 495 g/mol. The van der Waals surface area contributed by atoms with E-state index in [9.17, 15) is 22.2 Å². The van der Waals surface area contributed by atoms with Crippen molar-refractivity contribution >= 4 is 27.6 Å². The maximum atomic E-state index is 13.2. The van der Waals surface area contributed by atoms with Gasteiger partial charge in [0.2, 0.25) is 0 Å². The van der Waals surface area contributed by atoms with Gasteiger partial charge in [-0.25, -0.2) is 4.39 Å². The topological polar surface area (TPSA) is 87.2 Å². The molecule has 2 aromatic rings. The summed E-state index contributed by atoms with van der Waals surface area (Å²) >= 11 is 6.08. The van der Waals surface area contributed by atoms with Crippen LogP contribution in [0.5, 0.6) is 5.75 Å². The average molecular weight is 527 g/mol. The van der Waals surface area contributed by atoms with Crippen LogP contribution in [0, 0.1) is 11.7 Å². The molecule has 0 spiro atoms. The molecule has 10 heteroatoms. The smallest absolute Gasteiger partial charge is 0.272 e. The molecule has 1 aliphatic heterocycles. The first-order valence-corrected chi connectivity index (χ1v) is 13.4. The van der Waals surface area contributed by atoms with Crippen LogP contribution in [0.2, 0.25) is 5.02 Å². The molecule has 3 rings (SSSR count). The first-order chi connectivity index (χ1) is 16.4. The van der Waals surface area contributed by atoms with Gasteiger partial charge in [-0.2, -0.15) is 8.42 Å². The zero-order valence-electron chi connectivity index (χ0n) is 20.3. The minimum atomic E-state index is -4.43. The fourth-order valence-electron chi connectivity index (χ4n) is 4.55. The zero-order chi connectivity index (χ0) is 25.9. The fraction of sp³-hybridized carbons (Fsp3) is 0.480. The normalized spacial score (nSPS) is 20.2. The molecule has 1 N–H and O–H groups in total. The number of hydrogen-bond acceptors (Lipinski definition) is 5. The van der Waals surface area contributed by atoms with Crippen molar-refractivity contribution in [2.75, 3.05) is 19.7 Å². The lowest BCUT2D eigenvalue weighted by atomic mass is 10.0. The number of amides is 1. The Morgan fingerprint density at radius 3 is 2.40 bits per heavy atom. The molecule has 2 aromatic carbocycles. The van der Waals surface area contributed by atoms with E-state index in [1.807, 2.05) is 13.8 Å². The van der Waals surface area contributed by atoms with Gasteiger partial charge in [0.05, 0.1) is 0 Å². The van der Waals surface area contributed by atoms with Gasteiger partial charge in [0, 0.05) is 42.3 Å². The summed E-state index contributed by atoms with van der Waals surface area (Å²) in [7, 11) is -4.43. The first kappa shape index (κ1) is 27.4. The monoisotopic (exact) mass is 526 g/mol. The highest BCUT2D eigenvalue weighted by molar-refractivity contribution is 7.86. The first-order valence-electron chi connectivity index (χ1n) is 11.5. The molecule has 1 amide bonds. The summed E-state index contributed by atoms with van der Waals surface area (Å²) in [4.78, 5) is 17.1. The van der Waals surface area contributed by atoms with E-state index in [0.29, 0.717) is 24.7 Å². The van der Waals surface area contributed by atoms with E-state index in [2.05, 4.69) is 4.90 Å². The second kappa shape index (κ2) is 11.2. The standard InChI is InChI=1S/C25H32ClFN2O5S/c1-16(2)25(35(31,32)33)22-11-20(26)7-10-23(22)34-15-24(30)29-13-17(3)28(12-18(29)4)14-19-5-8-21(27)9-6-19/h5-11,16-18,25H,12-15H2,1-4H3,(H,31,32,33)/t17-,18+,25?/m0/s1. The Bertz CT molecular complexity index is 1140. The SMILES string of the molecule is CC(C)C(c1cc(Cl)ccc1OCC(=O)N1C[C@H](C)N(Cc2ccc(F)cc2)C[C@H]1C)S(=O)(=O)O. The van der Waals surface area contributed by atoms with Crippen molar-refractivity contribution in [2.24, 2.45) is 5.92 Å². The van der Waals surface area contributed by atoms with Crippen LogP contribution in [0.15, 0.2) is 42.5 Å². The summed E-state index contributed by atoms with van der Waals surface area (Å²) in [6.45, 7) is 8.86. The third kappa shape index (κ3) is 6.94. The second-order valence-electron chi connectivity index (χ2n) is 9.45. The molecule has 3 atom stereocenters. The van der Waals surface area contributed by atoms with Crippen molar-refractivity contribution < 1.29 is 26.9 Å². The third-order valence-electron chi connectivity index (χ3n) is 6.29. The van der Waals surface area contributed by atoms with Crippen molar-refractivity contribution in [1.29, 1.82) is 0 Å². The summed E-state index contributed by atoms with van der Waals surface area (Å²) in [6.07, 6.45) is 0. The lowest BCUT2D eigenvalue weighted by Crippen LogP contribution is -2.58. The van der Waals surface area contributed by atoms with Crippen LogP contribution in [-0.4, -0.2) is 60.5 Å².